The van der Waals surface area contributed by atoms with Crippen LogP contribution in [0.1, 0.15) is 29.5 Å². The summed E-state index contributed by atoms with van der Waals surface area (Å²) in [5.41, 5.74) is 6.49. The Morgan fingerprint density at radius 3 is 2.42 bits per heavy atom. The molecule has 0 radical (unpaired) electrons. The lowest BCUT2D eigenvalue weighted by molar-refractivity contribution is -0.308. The number of anilines is 1. The topological polar surface area (TPSA) is 147 Å². The maximum atomic E-state index is 12.9. The highest BCUT2D eigenvalue weighted by Gasteiger charge is 2.64. The quantitative estimate of drug-likeness (QED) is 0.167. The summed E-state index contributed by atoms with van der Waals surface area (Å²) in [4.78, 5) is 23.7. The molecule has 1 saturated heterocycles. The van der Waals surface area contributed by atoms with Crippen LogP contribution in [0, 0.1) is 5.92 Å². The zero-order valence-electron chi connectivity index (χ0n) is 24.9. The van der Waals surface area contributed by atoms with Crippen molar-refractivity contribution in [1.82, 2.24) is 19.5 Å². The number of fused-ring (bicyclic) bond motifs is 3. The van der Waals surface area contributed by atoms with E-state index in [0.717, 1.165) is 22.3 Å². The van der Waals surface area contributed by atoms with E-state index in [2.05, 4.69) is 21.5 Å². The molecule has 2 fully saturated rings. The molecule has 2 bridgehead atoms. The van der Waals surface area contributed by atoms with Crippen LogP contribution in [-0.4, -0.2) is 51.1 Å². The number of rotatable bonds is 9. The standard InChI is InChI=1S/C34H33N5O6/c1-21-17-32(18-26(21)34(41,45-32)39-20-36-29-28(39)30(40)38-31(35)37-29)19-44-33(22-10-6-4-7-11-22,23-12-8-5-9-13-23)25-15-14-24(42-2)16-27(25)43-3/h4-16,20,26,41H,1,17-19H2,2-3H3,(H3,35,37,38,40). The highest BCUT2D eigenvalue weighted by Crippen LogP contribution is 2.58. The molecular formula is C34H33N5O6. The molecule has 3 aromatic carbocycles. The highest BCUT2D eigenvalue weighted by molar-refractivity contribution is 5.71. The van der Waals surface area contributed by atoms with Gasteiger partial charge in [-0.25, -0.2) is 4.98 Å². The Hall–Kier alpha value is -4.97. The molecule has 4 N–H and O–H groups in total. The number of nitrogens with one attached hydrogen (secondary N) is 1. The number of benzene rings is 3. The number of nitrogen functional groups attached to an aromatic ring is 1. The van der Waals surface area contributed by atoms with Crippen molar-refractivity contribution in [3.8, 4) is 11.5 Å². The lowest BCUT2D eigenvalue weighted by atomic mass is 9.79. The summed E-state index contributed by atoms with van der Waals surface area (Å²) in [5, 5.41) is 12.1. The zero-order chi connectivity index (χ0) is 31.4. The van der Waals surface area contributed by atoms with E-state index in [-0.39, 0.29) is 23.7 Å². The molecule has 1 aliphatic carbocycles. The Balaban J connectivity index is 1.35. The van der Waals surface area contributed by atoms with Crippen LogP contribution in [0.4, 0.5) is 5.95 Å². The smallest absolute Gasteiger partial charge is 0.278 e. The van der Waals surface area contributed by atoms with E-state index in [1.807, 2.05) is 78.9 Å². The molecular weight excluding hydrogens is 574 g/mol. The van der Waals surface area contributed by atoms with E-state index in [0.29, 0.717) is 24.3 Å². The van der Waals surface area contributed by atoms with E-state index < -0.39 is 28.6 Å². The molecule has 7 rings (SSSR count). The van der Waals surface area contributed by atoms with E-state index in [9.17, 15) is 9.90 Å². The first-order valence-corrected chi connectivity index (χ1v) is 14.5. The van der Waals surface area contributed by atoms with Crippen molar-refractivity contribution in [3.63, 3.8) is 0 Å². The SMILES string of the molecule is C=C1CC2(COC(c3ccccc3)(c3ccccc3)c3ccc(OC)cc3OC)CC1C(O)(n1cnc3nc(N)[nH]c(=O)c31)O2. The second kappa shape index (κ2) is 10.6. The summed E-state index contributed by atoms with van der Waals surface area (Å²) in [6.07, 6.45) is 2.20. The van der Waals surface area contributed by atoms with Gasteiger partial charge in [-0.05, 0) is 29.7 Å². The predicted molar refractivity (Wildman–Crippen MR) is 167 cm³/mol. The number of hydrogen-bond acceptors (Lipinski definition) is 9. The van der Waals surface area contributed by atoms with Gasteiger partial charge in [0.1, 0.15) is 29.0 Å². The molecule has 3 heterocycles. The van der Waals surface area contributed by atoms with E-state index in [1.165, 1.54) is 10.9 Å². The molecule has 2 aliphatic rings. The van der Waals surface area contributed by atoms with Crippen LogP contribution in [0.5, 0.6) is 11.5 Å². The third-order valence-electron chi connectivity index (χ3n) is 8.92. The monoisotopic (exact) mass is 607 g/mol. The third-order valence-corrected chi connectivity index (χ3v) is 8.92. The zero-order valence-corrected chi connectivity index (χ0v) is 24.9. The van der Waals surface area contributed by atoms with Crippen molar-refractivity contribution >= 4 is 17.1 Å². The van der Waals surface area contributed by atoms with Crippen LogP contribution in [0.2, 0.25) is 0 Å². The third kappa shape index (κ3) is 4.42. The minimum atomic E-state index is -1.95. The van der Waals surface area contributed by atoms with E-state index >= 15 is 0 Å². The molecule has 1 aliphatic heterocycles. The molecule has 5 aromatic rings. The summed E-state index contributed by atoms with van der Waals surface area (Å²) in [7, 11) is 3.22. The molecule has 0 spiro atoms. The fraction of sp³-hybridized carbons (Fsp3) is 0.265. The van der Waals surface area contributed by atoms with E-state index in [4.69, 9.17) is 24.7 Å². The number of nitrogens with two attached hydrogens (primary N) is 1. The number of methoxy groups -OCH3 is 2. The van der Waals surface area contributed by atoms with Gasteiger partial charge in [-0.1, -0.05) is 72.8 Å². The maximum absolute atomic E-state index is 12.9. The van der Waals surface area contributed by atoms with Gasteiger partial charge in [0.2, 0.25) is 5.95 Å². The summed E-state index contributed by atoms with van der Waals surface area (Å²) < 4.78 is 26.5. The Morgan fingerprint density at radius 1 is 1.09 bits per heavy atom. The Bertz CT molecular complexity index is 1920. The number of H-pyrrole nitrogens is 1. The molecule has 2 aromatic heterocycles. The van der Waals surface area contributed by atoms with Gasteiger partial charge >= 0.3 is 0 Å². The first-order chi connectivity index (χ1) is 21.7. The number of aromatic nitrogens is 4. The van der Waals surface area contributed by atoms with Gasteiger partial charge < -0.3 is 29.8 Å². The number of nitrogens with zero attached hydrogens (tertiary/aromatic N) is 3. The Kier molecular flexibility index (Phi) is 6.77. The summed E-state index contributed by atoms with van der Waals surface area (Å²) >= 11 is 0. The van der Waals surface area contributed by atoms with Crippen molar-refractivity contribution in [2.24, 2.45) is 5.92 Å². The number of hydrogen-bond donors (Lipinski definition) is 3. The number of ether oxygens (including phenoxy) is 4. The summed E-state index contributed by atoms with van der Waals surface area (Å²) in [5.74, 6) is -1.33. The second-order valence-electron chi connectivity index (χ2n) is 11.5. The van der Waals surface area contributed by atoms with Crippen LogP contribution in [-0.2, 0) is 21.0 Å². The molecule has 45 heavy (non-hydrogen) atoms. The van der Waals surface area contributed by atoms with Gasteiger partial charge in [-0.3, -0.25) is 14.3 Å². The van der Waals surface area contributed by atoms with Crippen LogP contribution in [0.3, 0.4) is 0 Å². The average molecular weight is 608 g/mol. The van der Waals surface area contributed by atoms with Crippen LogP contribution >= 0.6 is 0 Å². The van der Waals surface area contributed by atoms with Crippen LogP contribution in [0.25, 0.3) is 11.2 Å². The van der Waals surface area contributed by atoms with Gasteiger partial charge in [0.25, 0.3) is 11.5 Å². The molecule has 11 heteroatoms. The van der Waals surface area contributed by atoms with Crippen molar-refractivity contribution in [2.45, 2.75) is 30.0 Å². The minimum absolute atomic E-state index is 0.0500. The lowest BCUT2D eigenvalue weighted by Crippen LogP contribution is -2.48. The van der Waals surface area contributed by atoms with Crippen LogP contribution < -0.4 is 20.8 Å². The van der Waals surface area contributed by atoms with Crippen molar-refractivity contribution in [1.29, 1.82) is 0 Å². The highest BCUT2D eigenvalue weighted by atomic mass is 16.7. The minimum Gasteiger partial charge on any atom is -0.497 e. The number of aromatic amines is 1. The second-order valence-corrected chi connectivity index (χ2v) is 11.5. The van der Waals surface area contributed by atoms with Gasteiger partial charge in [0.15, 0.2) is 11.2 Å². The Morgan fingerprint density at radius 2 is 1.78 bits per heavy atom. The largest absolute Gasteiger partial charge is 0.497 e. The summed E-state index contributed by atoms with van der Waals surface area (Å²) in [6, 6.07) is 25.5. The molecule has 11 nitrogen and oxygen atoms in total. The van der Waals surface area contributed by atoms with E-state index in [1.54, 1.807) is 14.2 Å². The van der Waals surface area contributed by atoms with Gasteiger partial charge in [0, 0.05) is 18.1 Å². The molecule has 1 saturated carbocycles. The normalized spacial score (nSPS) is 22.6. The van der Waals surface area contributed by atoms with Gasteiger partial charge in [-0.15, -0.1) is 0 Å². The van der Waals surface area contributed by atoms with Crippen molar-refractivity contribution in [3.05, 3.63) is 124 Å². The van der Waals surface area contributed by atoms with Crippen molar-refractivity contribution < 1.29 is 24.1 Å². The fourth-order valence-electron chi connectivity index (χ4n) is 6.94. The molecule has 3 atom stereocenters. The number of aliphatic hydroxyl groups is 1. The maximum Gasteiger partial charge on any atom is 0.278 e. The first kappa shape index (κ1) is 28.8. The molecule has 3 unspecified atom stereocenters. The molecule has 0 amide bonds. The Labute approximate surface area is 258 Å². The fourth-order valence-corrected chi connectivity index (χ4v) is 6.94. The predicted octanol–water partition coefficient (Wildman–Crippen LogP) is 4.07. The average Bonchev–Trinajstić information content (AvgIpc) is 3.72. The van der Waals surface area contributed by atoms with Crippen LogP contribution in [0.15, 0.2) is 102 Å². The molecule has 230 valence electrons. The lowest BCUT2D eigenvalue weighted by Gasteiger charge is -2.42. The first-order valence-electron chi connectivity index (χ1n) is 14.5. The summed E-state index contributed by atoms with van der Waals surface area (Å²) in [6.45, 7) is 4.35. The van der Waals surface area contributed by atoms with Gasteiger partial charge in [-0.2, -0.15) is 4.98 Å². The van der Waals surface area contributed by atoms with Gasteiger partial charge in [0.05, 0.1) is 26.7 Å². The number of imidazole rings is 1. The van der Waals surface area contributed by atoms with Crippen molar-refractivity contribution in [2.75, 3.05) is 26.6 Å².